The van der Waals surface area contributed by atoms with Gasteiger partial charge in [0.15, 0.2) is 6.10 Å². The fourth-order valence-electron chi connectivity index (χ4n) is 2.19. The van der Waals surface area contributed by atoms with Gasteiger partial charge in [0.2, 0.25) is 0 Å². The fraction of sp³-hybridized carbons (Fsp3) is 0.222. The van der Waals surface area contributed by atoms with E-state index in [2.05, 4.69) is 5.32 Å². The molecule has 0 spiro atoms. The number of esters is 1. The number of alkyl halides is 3. The van der Waals surface area contributed by atoms with Crippen molar-refractivity contribution in [2.75, 3.05) is 5.32 Å². The Kier molecular flexibility index (Phi) is 6.00. The van der Waals surface area contributed by atoms with E-state index in [-0.39, 0.29) is 16.3 Å². The Balaban J connectivity index is 2.13. The molecule has 5 nitrogen and oxygen atoms in total. The predicted octanol–water partition coefficient (Wildman–Crippen LogP) is 4.56. The van der Waals surface area contributed by atoms with Crippen LogP contribution in [0.4, 0.5) is 18.9 Å². The van der Waals surface area contributed by atoms with Crippen molar-refractivity contribution in [2.24, 2.45) is 0 Å². The lowest BCUT2D eigenvalue weighted by molar-refractivity contribution is -0.137. The molecule has 0 unspecified atom stereocenters. The van der Waals surface area contributed by atoms with Crippen molar-refractivity contribution >= 4 is 29.2 Å². The van der Waals surface area contributed by atoms with E-state index >= 15 is 0 Å². The first-order valence-corrected chi connectivity index (χ1v) is 8.05. The quantitative estimate of drug-likeness (QED) is 0.736. The van der Waals surface area contributed by atoms with Crippen molar-refractivity contribution in [1.82, 2.24) is 0 Å². The van der Waals surface area contributed by atoms with Gasteiger partial charge < -0.3 is 15.2 Å². The molecule has 9 heteroatoms. The number of aryl methyl sites for hydroxylation is 1. The lowest BCUT2D eigenvalue weighted by Gasteiger charge is -2.17. The van der Waals surface area contributed by atoms with Gasteiger partial charge in [-0.2, -0.15) is 13.2 Å². The molecule has 1 atom stereocenters. The maximum Gasteiger partial charge on any atom is 0.418 e. The van der Waals surface area contributed by atoms with Crippen LogP contribution in [0, 0.1) is 6.92 Å². The Bertz CT molecular complexity index is 883. The molecule has 1 amide bonds. The van der Waals surface area contributed by atoms with Gasteiger partial charge in [0.05, 0.1) is 11.3 Å². The second kappa shape index (κ2) is 7.87. The van der Waals surface area contributed by atoms with E-state index in [1.54, 1.807) is 13.0 Å². The molecule has 0 saturated heterocycles. The molecular formula is C18H15ClF3NO4. The molecular weight excluding hydrogens is 387 g/mol. The van der Waals surface area contributed by atoms with Crippen LogP contribution in [0.5, 0.6) is 5.75 Å². The maximum atomic E-state index is 13.1. The number of benzene rings is 2. The average Bonchev–Trinajstić information content (AvgIpc) is 2.55. The zero-order chi connectivity index (χ0) is 20.4. The van der Waals surface area contributed by atoms with Crippen molar-refractivity contribution in [3.63, 3.8) is 0 Å². The molecule has 0 aliphatic heterocycles. The smallest absolute Gasteiger partial charge is 0.418 e. The number of hydrogen-bond acceptors (Lipinski definition) is 4. The number of ether oxygens (including phenoxy) is 1. The second-order valence-electron chi connectivity index (χ2n) is 5.75. The molecule has 0 aliphatic rings. The van der Waals surface area contributed by atoms with Gasteiger partial charge >= 0.3 is 12.1 Å². The standard InChI is InChI=1S/C18H15ClF3NO4/c1-9-3-5-12(15(24)7-9)17(26)27-10(2)16(25)23-14-6-4-11(19)8-13(14)18(20,21)22/h3-8,10,24H,1-2H3,(H,23,25)/t10-/m1/s1. The third kappa shape index (κ3) is 5.13. The summed E-state index contributed by atoms with van der Waals surface area (Å²) in [5.41, 5.74) is -1.10. The second-order valence-corrected chi connectivity index (χ2v) is 6.18. The molecule has 2 N–H and O–H groups in total. The number of carbonyl (C=O) groups excluding carboxylic acids is 2. The first-order chi connectivity index (χ1) is 12.5. The van der Waals surface area contributed by atoms with Gasteiger partial charge in [0.25, 0.3) is 5.91 Å². The summed E-state index contributed by atoms with van der Waals surface area (Å²) in [6, 6.07) is 7.09. The maximum absolute atomic E-state index is 13.1. The molecule has 0 heterocycles. The number of amides is 1. The molecule has 0 radical (unpaired) electrons. The Morgan fingerprint density at radius 2 is 1.85 bits per heavy atom. The fourth-order valence-corrected chi connectivity index (χ4v) is 2.36. The van der Waals surface area contributed by atoms with Crippen molar-refractivity contribution in [3.05, 3.63) is 58.1 Å². The van der Waals surface area contributed by atoms with Crippen LogP contribution in [-0.4, -0.2) is 23.1 Å². The van der Waals surface area contributed by atoms with E-state index in [9.17, 15) is 27.9 Å². The van der Waals surface area contributed by atoms with E-state index in [4.69, 9.17) is 16.3 Å². The van der Waals surface area contributed by atoms with Crippen LogP contribution < -0.4 is 5.32 Å². The lowest BCUT2D eigenvalue weighted by Crippen LogP contribution is -2.30. The number of phenols is 1. The highest BCUT2D eigenvalue weighted by molar-refractivity contribution is 6.30. The summed E-state index contributed by atoms with van der Waals surface area (Å²) in [6.45, 7) is 2.90. The van der Waals surface area contributed by atoms with E-state index in [0.717, 1.165) is 6.07 Å². The molecule has 2 rings (SSSR count). The number of phenolic OH excluding ortho intramolecular Hbond substituents is 1. The number of hydrogen-bond donors (Lipinski definition) is 2. The minimum Gasteiger partial charge on any atom is -0.507 e. The average molecular weight is 402 g/mol. The first kappa shape index (κ1) is 20.6. The van der Waals surface area contributed by atoms with E-state index in [1.165, 1.54) is 25.1 Å². The molecule has 27 heavy (non-hydrogen) atoms. The van der Waals surface area contributed by atoms with Crippen LogP contribution in [0.25, 0.3) is 0 Å². The number of rotatable bonds is 4. The number of carbonyl (C=O) groups is 2. The molecule has 2 aromatic carbocycles. The number of nitrogens with one attached hydrogen (secondary N) is 1. The van der Waals surface area contributed by atoms with Gasteiger partial charge in [-0.15, -0.1) is 0 Å². The molecule has 144 valence electrons. The van der Waals surface area contributed by atoms with E-state index < -0.39 is 35.4 Å². The summed E-state index contributed by atoms with van der Waals surface area (Å²) in [7, 11) is 0. The molecule has 0 bridgehead atoms. The first-order valence-electron chi connectivity index (χ1n) is 7.67. The monoisotopic (exact) mass is 401 g/mol. The summed E-state index contributed by atoms with van der Waals surface area (Å²) >= 11 is 5.58. The van der Waals surface area contributed by atoms with Gasteiger partial charge in [-0.05, 0) is 49.7 Å². The predicted molar refractivity (Wildman–Crippen MR) is 92.8 cm³/mol. The van der Waals surface area contributed by atoms with Crippen LogP contribution in [-0.2, 0) is 15.7 Å². The molecule has 2 aromatic rings. The van der Waals surface area contributed by atoms with Gasteiger partial charge in [0, 0.05) is 5.02 Å². The van der Waals surface area contributed by atoms with Gasteiger partial charge in [-0.25, -0.2) is 4.79 Å². The van der Waals surface area contributed by atoms with Crippen molar-refractivity contribution in [1.29, 1.82) is 0 Å². The Labute approximate surface area is 157 Å². The van der Waals surface area contributed by atoms with E-state index in [1.807, 2.05) is 0 Å². The highest BCUT2D eigenvalue weighted by Crippen LogP contribution is 2.36. The van der Waals surface area contributed by atoms with Crippen LogP contribution in [0.15, 0.2) is 36.4 Å². The zero-order valence-electron chi connectivity index (χ0n) is 14.2. The summed E-state index contributed by atoms with van der Waals surface area (Å²) in [5.74, 6) is -2.28. The lowest BCUT2D eigenvalue weighted by atomic mass is 10.1. The largest absolute Gasteiger partial charge is 0.507 e. The Morgan fingerprint density at radius 1 is 1.19 bits per heavy atom. The molecule has 0 aromatic heterocycles. The topological polar surface area (TPSA) is 75.6 Å². The van der Waals surface area contributed by atoms with Crippen LogP contribution >= 0.6 is 11.6 Å². The Hall–Kier alpha value is -2.74. The summed E-state index contributed by atoms with van der Waals surface area (Å²) in [4.78, 5) is 24.2. The van der Waals surface area contributed by atoms with Crippen LogP contribution in [0.1, 0.15) is 28.4 Å². The van der Waals surface area contributed by atoms with Crippen molar-refractivity contribution < 1.29 is 32.6 Å². The number of aromatic hydroxyl groups is 1. The Morgan fingerprint density at radius 3 is 2.44 bits per heavy atom. The third-order valence-corrected chi connectivity index (χ3v) is 3.81. The molecule has 0 fully saturated rings. The minimum atomic E-state index is -4.74. The van der Waals surface area contributed by atoms with E-state index in [0.29, 0.717) is 11.6 Å². The number of anilines is 1. The van der Waals surface area contributed by atoms with Gasteiger partial charge in [0.1, 0.15) is 11.3 Å². The van der Waals surface area contributed by atoms with Crippen LogP contribution in [0.3, 0.4) is 0 Å². The van der Waals surface area contributed by atoms with Crippen LogP contribution in [0.2, 0.25) is 5.02 Å². The SMILES string of the molecule is Cc1ccc(C(=O)O[C@H](C)C(=O)Nc2ccc(Cl)cc2C(F)(F)F)c(O)c1. The van der Waals surface area contributed by atoms with Gasteiger partial charge in [-0.1, -0.05) is 17.7 Å². The van der Waals surface area contributed by atoms with Crippen molar-refractivity contribution in [2.45, 2.75) is 26.1 Å². The molecule has 0 saturated carbocycles. The highest BCUT2D eigenvalue weighted by Gasteiger charge is 2.34. The zero-order valence-corrected chi connectivity index (χ0v) is 15.0. The summed E-state index contributed by atoms with van der Waals surface area (Å²) < 4.78 is 44.1. The van der Waals surface area contributed by atoms with Crippen molar-refractivity contribution in [3.8, 4) is 5.75 Å². The summed E-state index contributed by atoms with van der Waals surface area (Å²) in [6.07, 6.45) is -6.14. The highest BCUT2D eigenvalue weighted by atomic mass is 35.5. The third-order valence-electron chi connectivity index (χ3n) is 3.57. The van der Waals surface area contributed by atoms with Gasteiger partial charge in [-0.3, -0.25) is 4.79 Å². The minimum absolute atomic E-state index is 0.144. The summed E-state index contributed by atoms with van der Waals surface area (Å²) in [5, 5.41) is 11.7. The molecule has 0 aliphatic carbocycles. The number of halogens is 4. The normalized spacial score (nSPS) is 12.4.